The van der Waals surface area contributed by atoms with Crippen molar-refractivity contribution in [3.05, 3.63) is 59.3 Å². The van der Waals surface area contributed by atoms with Gasteiger partial charge in [0.1, 0.15) is 18.2 Å². The Balaban J connectivity index is 1.54. The van der Waals surface area contributed by atoms with Crippen LogP contribution in [0.4, 0.5) is 23.1 Å². The highest BCUT2D eigenvalue weighted by Gasteiger charge is 2.21. The highest BCUT2D eigenvalue weighted by molar-refractivity contribution is 7.89. The van der Waals surface area contributed by atoms with Crippen LogP contribution in [0.5, 0.6) is 5.75 Å². The molecule has 2 heterocycles. The predicted molar refractivity (Wildman–Crippen MR) is 166 cm³/mol. The number of rotatable bonds is 15. The average Bonchev–Trinajstić information content (AvgIpc) is 3.47. The van der Waals surface area contributed by atoms with E-state index in [0.717, 1.165) is 85.6 Å². The van der Waals surface area contributed by atoms with Gasteiger partial charge in [-0.15, -0.1) is 0 Å². The number of ether oxygens (including phenoxy) is 1. The van der Waals surface area contributed by atoms with Gasteiger partial charge in [0.2, 0.25) is 16.0 Å². The van der Waals surface area contributed by atoms with Crippen molar-refractivity contribution in [3.63, 3.8) is 0 Å². The second-order valence-electron chi connectivity index (χ2n) is 10.7. The molecule has 0 bridgehead atoms. The van der Waals surface area contributed by atoms with Gasteiger partial charge in [0.25, 0.3) is 0 Å². The number of aromatic nitrogens is 2. The molecule has 0 radical (unpaired) electrons. The van der Waals surface area contributed by atoms with E-state index in [-0.39, 0.29) is 4.90 Å². The van der Waals surface area contributed by atoms with E-state index in [1.165, 1.54) is 12.8 Å². The predicted octanol–water partition coefficient (Wildman–Crippen LogP) is 6.08. The Morgan fingerprint density at radius 1 is 0.976 bits per heavy atom. The maximum atomic E-state index is 12.5. The molecule has 1 saturated heterocycles. The van der Waals surface area contributed by atoms with E-state index in [2.05, 4.69) is 34.4 Å². The molecule has 0 saturated carbocycles. The molecule has 10 heteroatoms. The van der Waals surface area contributed by atoms with Gasteiger partial charge in [-0.25, -0.2) is 18.5 Å². The standard InChI is InChI=1S/C31H44N6O3S/c1-4-6-10-24-12-17-28(41(32,38)39)27(11-7-5-2)29(24)35-30-23(3)22-33-31(36-30)34-25-13-15-26(16-14-25)40-21-20-37-18-8-9-19-37/h12-17,22H,4-11,18-21H2,1-3H3,(H2,32,38,39)(H2,33,34,35,36). The number of likely N-dealkylation sites (tertiary alicyclic amines) is 1. The summed E-state index contributed by atoms with van der Waals surface area (Å²) in [6, 6.07) is 11.3. The lowest BCUT2D eigenvalue weighted by atomic mass is 9.98. The van der Waals surface area contributed by atoms with E-state index < -0.39 is 10.0 Å². The smallest absolute Gasteiger partial charge is 0.238 e. The van der Waals surface area contributed by atoms with Crippen molar-refractivity contribution < 1.29 is 13.2 Å². The first-order chi connectivity index (χ1) is 19.8. The number of unbranched alkanes of at least 4 members (excludes halogenated alkanes) is 2. The summed E-state index contributed by atoms with van der Waals surface area (Å²) in [4.78, 5) is 11.8. The number of hydrogen-bond donors (Lipinski definition) is 3. The Hall–Kier alpha value is -3.21. The Morgan fingerprint density at radius 3 is 2.37 bits per heavy atom. The average molecular weight is 581 g/mol. The zero-order chi connectivity index (χ0) is 29.2. The maximum Gasteiger partial charge on any atom is 0.238 e. The first kappa shape index (κ1) is 30.7. The third kappa shape index (κ3) is 8.64. The summed E-state index contributed by atoms with van der Waals surface area (Å²) in [5.41, 5.74) is 4.24. The molecule has 0 atom stereocenters. The summed E-state index contributed by atoms with van der Waals surface area (Å²) >= 11 is 0. The molecule has 41 heavy (non-hydrogen) atoms. The molecule has 1 aromatic heterocycles. The fourth-order valence-corrected chi connectivity index (χ4v) is 5.89. The normalized spacial score (nSPS) is 13.9. The minimum absolute atomic E-state index is 0.168. The Morgan fingerprint density at radius 2 is 1.68 bits per heavy atom. The summed E-state index contributed by atoms with van der Waals surface area (Å²) in [5.74, 6) is 1.89. The van der Waals surface area contributed by atoms with Crippen molar-refractivity contribution in [2.45, 2.75) is 77.0 Å². The van der Waals surface area contributed by atoms with Crippen molar-refractivity contribution in [1.29, 1.82) is 0 Å². The second kappa shape index (κ2) is 14.6. The summed E-state index contributed by atoms with van der Waals surface area (Å²) in [7, 11) is -3.89. The number of benzene rings is 2. The minimum Gasteiger partial charge on any atom is -0.492 e. The number of anilines is 4. The molecule has 0 amide bonds. The van der Waals surface area contributed by atoms with Crippen LogP contribution in [0, 0.1) is 6.92 Å². The molecule has 0 spiro atoms. The van der Waals surface area contributed by atoms with Crippen molar-refractivity contribution in [3.8, 4) is 5.75 Å². The molecular weight excluding hydrogens is 536 g/mol. The third-order valence-corrected chi connectivity index (χ3v) is 8.44. The minimum atomic E-state index is -3.89. The van der Waals surface area contributed by atoms with Gasteiger partial charge in [-0.3, -0.25) is 4.90 Å². The topological polar surface area (TPSA) is 122 Å². The number of hydrogen-bond acceptors (Lipinski definition) is 8. The molecule has 1 aliphatic rings. The Kier molecular flexibility index (Phi) is 11.0. The van der Waals surface area contributed by atoms with Crippen LogP contribution < -0.4 is 20.5 Å². The largest absolute Gasteiger partial charge is 0.492 e. The highest BCUT2D eigenvalue weighted by atomic mass is 32.2. The van der Waals surface area contributed by atoms with E-state index in [9.17, 15) is 8.42 Å². The van der Waals surface area contributed by atoms with E-state index in [4.69, 9.17) is 14.9 Å². The van der Waals surface area contributed by atoms with E-state index in [1.54, 1.807) is 12.3 Å². The van der Waals surface area contributed by atoms with E-state index in [0.29, 0.717) is 24.8 Å². The van der Waals surface area contributed by atoms with Gasteiger partial charge >= 0.3 is 0 Å². The Labute approximate surface area is 245 Å². The fourth-order valence-electron chi connectivity index (χ4n) is 5.09. The summed E-state index contributed by atoms with van der Waals surface area (Å²) in [6.07, 6.45) is 9.55. The number of nitrogens with two attached hydrogens (primary N) is 1. The zero-order valence-electron chi connectivity index (χ0n) is 24.6. The van der Waals surface area contributed by atoms with Gasteiger partial charge in [-0.05, 0) is 100.0 Å². The maximum absolute atomic E-state index is 12.5. The van der Waals surface area contributed by atoms with Crippen LogP contribution in [0.1, 0.15) is 69.1 Å². The lowest BCUT2D eigenvalue weighted by molar-refractivity contribution is 0.238. The van der Waals surface area contributed by atoms with Crippen molar-refractivity contribution in [2.75, 3.05) is 36.9 Å². The number of aryl methyl sites for hydroxylation is 2. The van der Waals surface area contributed by atoms with Gasteiger partial charge in [0.05, 0.1) is 4.90 Å². The van der Waals surface area contributed by atoms with Crippen molar-refractivity contribution in [1.82, 2.24) is 14.9 Å². The molecule has 1 aliphatic heterocycles. The Bertz CT molecular complexity index is 1390. The second-order valence-corrected chi connectivity index (χ2v) is 12.3. The summed E-state index contributed by atoms with van der Waals surface area (Å²) < 4.78 is 31.0. The first-order valence-electron chi connectivity index (χ1n) is 14.8. The van der Waals surface area contributed by atoms with Crippen molar-refractivity contribution in [2.24, 2.45) is 5.14 Å². The van der Waals surface area contributed by atoms with Crippen LogP contribution in [-0.2, 0) is 22.9 Å². The van der Waals surface area contributed by atoms with Gasteiger partial charge in [-0.1, -0.05) is 32.8 Å². The van der Waals surface area contributed by atoms with Gasteiger partial charge in [0.15, 0.2) is 0 Å². The molecule has 0 unspecified atom stereocenters. The zero-order valence-corrected chi connectivity index (χ0v) is 25.4. The number of primary sulfonamides is 1. The van der Waals surface area contributed by atoms with E-state index >= 15 is 0 Å². The number of sulfonamides is 1. The third-order valence-electron chi connectivity index (χ3n) is 7.44. The molecule has 2 aromatic carbocycles. The molecule has 4 rings (SSSR count). The molecule has 4 N–H and O–H groups in total. The SMILES string of the molecule is CCCCc1ccc(S(N)(=O)=O)c(CCCC)c1Nc1nc(Nc2ccc(OCCN3CCCC3)cc2)ncc1C. The summed E-state index contributed by atoms with van der Waals surface area (Å²) in [6.45, 7) is 10.1. The quantitative estimate of drug-likeness (QED) is 0.198. The van der Waals surface area contributed by atoms with Crippen LogP contribution in [0.15, 0.2) is 47.5 Å². The fraction of sp³-hybridized carbons (Fsp3) is 0.484. The molecular formula is C31H44N6O3S. The van der Waals surface area contributed by atoms with Crippen LogP contribution in [0.3, 0.4) is 0 Å². The lowest BCUT2D eigenvalue weighted by Crippen LogP contribution is -2.25. The van der Waals surface area contributed by atoms with Gasteiger partial charge in [0, 0.05) is 29.7 Å². The lowest BCUT2D eigenvalue weighted by Gasteiger charge is -2.20. The first-order valence-corrected chi connectivity index (χ1v) is 16.3. The van der Waals surface area contributed by atoms with Crippen LogP contribution >= 0.6 is 0 Å². The van der Waals surface area contributed by atoms with Gasteiger partial charge < -0.3 is 15.4 Å². The molecule has 3 aromatic rings. The van der Waals surface area contributed by atoms with Crippen LogP contribution in [-0.4, -0.2) is 49.5 Å². The molecule has 9 nitrogen and oxygen atoms in total. The monoisotopic (exact) mass is 580 g/mol. The molecule has 222 valence electrons. The number of nitrogens with one attached hydrogen (secondary N) is 2. The summed E-state index contributed by atoms with van der Waals surface area (Å²) in [5, 5.41) is 12.4. The van der Waals surface area contributed by atoms with Crippen LogP contribution in [0.2, 0.25) is 0 Å². The number of nitrogens with zero attached hydrogens (tertiary/aromatic N) is 3. The van der Waals surface area contributed by atoms with E-state index in [1.807, 2.05) is 37.3 Å². The molecule has 1 fully saturated rings. The van der Waals surface area contributed by atoms with Crippen molar-refractivity contribution >= 4 is 33.2 Å². The van der Waals surface area contributed by atoms with Crippen LogP contribution in [0.25, 0.3) is 0 Å². The highest BCUT2D eigenvalue weighted by Crippen LogP contribution is 2.33. The molecule has 0 aliphatic carbocycles. The van der Waals surface area contributed by atoms with Gasteiger partial charge in [-0.2, -0.15) is 4.98 Å².